The molecular formula is C14H15O4-. The van der Waals surface area contributed by atoms with E-state index in [2.05, 4.69) is 0 Å². The van der Waals surface area contributed by atoms with Crippen molar-refractivity contribution in [3.8, 4) is 0 Å². The molecule has 1 saturated carbocycles. The van der Waals surface area contributed by atoms with E-state index < -0.39 is 23.8 Å². The molecule has 4 heteroatoms. The predicted molar refractivity (Wildman–Crippen MR) is 62.1 cm³/mol. The fraction of sp³-hybridized carbons (Fsp3) is 0.429. The average molecular weight is 247 g/mol. The van der Waals surface area contributed by atoms with Crippen molar-refractivity contribution in [2.24, 2.45) is 11.8 Å². The zero-order chi connectivity index (χ0) is 13.0. The van der Waals surface area contributed by atoms with Crippen LogP contribution in [-0.4, -0.2) is 11.9 Å². The zero-order valence-corrected chi connectivity index (χ0v) is 10.0. The summed E-state index contributed by atoms with van der Waals surface area (Å²) < 4.78 is 5.16. The predicted octanol–water partition coefficient (Wildman–Crippen LogP) is 0.896. The molecule has 0 saturated heterocycles. The molecule has 1 aliphatic rings. The van der Waals surface area contributed by atoms with Crippen molar-refractivity contribution in [2.45, 2.75) is 25.9 Å². The van der Waals surface area contributed by atoms with E-state index in [1.54, 1.807) is 0 Å². The third-order valence-corrected chi connectivity index (χ3v) is 3.35. The summed E-state index contributed by atoms with van der Waals surface area (Å²) in [4.78, 5) is 22.7. The van der Waals surface area contributed by atoms with Gasteiger partial charge in [-0.3, -0.25) is 4.79 Å². The Bertz CT molecular complexity index is 427. The van der Waals surface area contributed by atoms with E-state index >= 15 is 0 Å². The third kappa shape index (κ3) is 2.88. The molecule has 2 atom stereocenters. The lowest BCUT2D eigenvalue weighted by Crippen LogP contribution is -2.36. The van der Waals surface area contributed by atoms with Gasteiger partial charge in [0, 0.05) is 11.9 Å². The molecular weight excluding hydrogens is 232 g/mol. The number of esters is 1. The van der Waals surface area contributed by atoms with Crippen molar-refractivity contribution in [2.75, 3.05) is 0 Å². The molecule has 1 aromatic rings. The van der Waals surface area contributed by atoms with Crippen LogP contribution in [0.15, 0.2) is 30.3 Å². The van der Waals surface area contributed by atoms with Crippen LogP contribution in [0.4, 0.5) is 0 Å². The molecule has 0 unspecified atom stereocenters. The van der Waals surface area contributed by atoms with Crippen LogP contribution in [0.1, 0.15) is 24.8 Å². The quantitative estimate of drug-likeness (QED) is 0.741. The van der Waals surface area contributed by atoms with Gasteiger partial charge >= 0.3 is 5.97 Å². The highest BCUT2D eigenvalue weighted by atomic mass is 16.5. The van der Waals surface area contributed by atoms with Gasteiger partial charge in [0.2, 0.25) is 0 Å². The lowest BCUT2D eigenvalue weighted by atomic mass is 9.96. The van der Waals surface area contributed by atoms with E-state index in [1.807, 2.05) is 30.3 Å². The van der Waals surface area contributed by atoms with Crippen LogP contribution >= 0.6 is 0 Å². The summed E-state index contributed by atoms with van der Waals surface area (Å²) in [7, 11) is 0. The summed E-state index contributed by atoms with van der Waals surface area (Å²) in [5.41, 5.74) is 0.897. The zero-order valence-electron chi connectivity index (χ0n) is 10.0. The highest BCUT2D eigenvalue weighted by Crippen LogP contribution is 2.32. The Balaban J connectivity index is 1.90. The monoisotopic (exact) mass is 247 g/mol. The molecule has 2 rings (SSSR count). The van der Waals surface area contributed by atoms with Gasteiger partial charge in [0.25, 0.3) is 0 Å². The smallest absolute Gasteiger partial charge is 0.309 e. The SMILES string of the molecule is O=C([O-])[C@H]1CCC[C@@H]1C(=O)OCc1ccccc1. The first-order chi connectivity index (χ1) is 8.68. The van der Waals surface area contributed by atoms with Gasteiger partial charge in [-0.1, -0.05) is 36.8 Å². The first kappa shape index (κ1) is 12.6. The number of rotatable bonds is 4. The number of carbonyl (C=O) groups excluding carboxylic acids is 2. The number of carboxylic acids is 1. The maximum Gasteiger partial charge on any atom is 0.309 e. The van der Waals surface area contributed by atoms with Crippen molar-refractivity contribution in [3.63, 3.8) is 0 Å². The van der Waals surface area contributed by atoms with Crippen LogP contribution in [0.5, 0.6) is 0 Å². The molecule has 0 bridgehead atoms. The van der Waals surface area contributed by atoms with Gasteiger partial charge in [-0.2, -0.15) is 0 Å². The summed E-state index contributed by atoms with van der Waals surface area (Å²) in [6, 6.07) is 9.33. The van der Waals surface area contributed by atoms with E-state index in [0.29, 0.717) is 12.8 Å². The standard InChI is InChI=1S/C14H16O4/c15-13(16)11-7-4-8-12(11)14(17)18-9-10-5-2-1-3-6-10/h1-3,5-6,11-12H,4,7-9H2,(H,15,16)/p-1/t11-,12-/m0/s1. The molecule has 96 valence electrons. The van der Waals surface area contributed by atoms with Crippen LogP contribution in [0, 0.1) is 11.8 Å². The maximum absolute atomic E-state index is 11.8. The van der Waals surface area contributed by atoms with Gasteiger partial charge < -0.3 is 14.6 Å². The molecule has 18 heavy (non-hydrogen) atoms. The number of hydrogen-bond acceptors (Lipinski definition) is 4. The number of hydrogen-bond donors (Lipinski definition) is 0. The van der Waals surface area contributed by atoms with Gasteiger partial charge in [0.05, 0.1) is 5.92 Å². The molecule has 0 aromatic heterocycles. The highest BCUT2D eigenvalue weighted by Gasteiger charge is 2.34. The average Bonchev–Trinajstić information content (AvgIpc) is 2.86. The summed E-state index contributed by atoms with van der Waals surface area (Å²) in [5.74, 6) is -2.80. The molecule has 0 N–H and O–H groups in total. The van der Waals surface area contributed by atoms with E-state index in [9.17, 15) is 14.7 Å². The van der Waals surface area contributed by atoms with Gasteiger partial charge in [-0.05, 0) is 18.4 Å². The Hall–Kier alpha value is -1.84. The van der Waals surface area contributed by atoms with Crippen molar-refractivity contribution < 1.29 is 19.4 Å². The first-order valence-corrected chi connectivity index (χ1v) is 6.10. The van der Waals surface area contributed by atoms with E-state index in [-0.39, 0.29) is 6.61 Å². The third-order valence-electron chi connectivity index (χ3n) is 3.35. The van der Waals surface area contributed by atoms with Crippen LogP contribution in [0.2, 0.25) is 0 Å². The molecule has 1 fully saturated rings. The fourth-order valence-electron chi connectivity index (χ4n) is 2.36. The Morgan fingerprint density at radius 1 is 1.17 bits per heavy atom. The summed E-state index contributed by atoms with van der Waals surface area (Å²) >= 11 is 0. The molecule has 4 nitrogen and oxygen atoms in total. The summed E-state index contributed by atoms with van der Waals surface area (Å²) in [6.45, 7) is 0.190. The van der Waals surface area contributed by atoms with E-state index in [4.69, 9.17) is 4.74 Å². The number of carboxylic acid groups (broad SMARTS) is 1. The van der Waals surface area contributed by atoms with E-state index in [0.717, 1.165) is 12.0 Å². The molecule has 0 aliphatic heterocycles. The second-order valence-corrected chi connectivity index (χ2v) is 4.56. The largest absolute Gasteiger partial charge is 0.550 e. The molecule has 0 heterocycles. The van der Waals surface area contributed by atoms with E-state index in [1.165, 1.54) is 0 Å². The number of aliphatic carboxylic acids is 1. The normalized spacial score (nSPS) is 22.7. The van der Waals surface area contributed by atoms with Crippen LogP contribution in [0.25, 0.3) is 0 Å². The minimum atomic E-state index is -1.14. The molecule has 0 radical (unpaired) electrons. The van der Waals surface area contributed by atoms with Crippen molar-refractivity contribution in [1.82, 2.24) is 0 Å². The van der Waals surface area contributed by atoms with Crippen LogP contribution < -0.4 is 5.11 Å². The lowest BCUT2D eigenvalue weighted by Gasteiger charge is -2.19. The van der Waals surface area contributed by atoms with Crippen molar-refractivity contribution in [1.29, 1.82) is 0 Å². The van der Waals surface area contributed by atoms with Gasteiger partial charge in [-0.15, -0.1) is 0 Å². The van der Waals surface area contributed by atoms with Gasteiger partial charge in [0.15, 0.2) is 0 Å². The Morgan fingerprint density at radius 2 is 1.83 bits per heavy atom. The van der Waals surface area contributed by atoms with Crippen LogP contribution in [-0.2, 0) is 20.9 Å². The Morgan fingerprint density at radius 3 is 2.50 bits per heavy atom. The summed E-state index contributed by atoms with van der Waals surface area (Å²) in [5, 5.41) is 10.9. The van der Waals surface area contributed by atoms with Crippen molar-refractivity contribution in [3.05, 3.63) is 35.9 Å². The minimum absolute atomic E-state index is 0.190. The molecule has 0 spiro atoms. The van der Waals surface area contributed by atoms with Gasteiger partial charge in [0.1, 0.15) is 6.61 Å². The second kappa shape index (κ2) is 5.67. The number of ether oxygens (including phenoxy) is 1. The summed E-state index contributed by atoms with van der Waals surface area (Å²) in [6.07, 6.45) is 1.82. The fourth-order valence-corrected chi connectivity index (χ4v) is 2.36. The maximum atomic E-state index is 11.8. The second-order valence-electron chi connectivity index (χ2n) is 4.56. The lowest BCUT2D eigenvalue weighted by molar-refractivity contribution is -0.312. The Kier molecular flexibility index (Phi) is 3.97. The van der Waals surface area contributed by atoms with Gasteiger partial charge in [-0.25, -0.2) is 0 Å². The molecule has 1 aromatic carbocycles. The Labute approximate surface area is 106 Å². The number of benzene rings is 1. The molecule has 1 aliphatic carbocycles. The number of carbonyl (C=O) groups is 2. The highest BCUT2D eigenvalue weighted by molar-refractivity contribution is 5.80. The molecule has 0 amide bonds. The van der Waals surface area contributed by atoms with Crippen LogP contribution in [0.3, 0.4) is 0 Å². The topological polar surface area (TPSA) is 66.4 Å². The minimum Gasteiger partial charge on any atom is -0.550 e. The van der Waals surface area contributed by atoms with Crippen molar-refractivity contribution >= 4 is 11.9 Å². The first-order valence-electron chi connectivity index (χ1n) is 6.10.